The molecule has 0 spiro atoms. The number of nitrogens with zero attached hydrogens (tertiary/aromatic N) is 3. The maximum absolute atomic E-state index is 13.1. The third-order valence-electron chi connectivity index (χ3n) is 4.50. The molecule has 0 radical (unpaired) electrons. The second kappa shape index (κ2) is 7.48. The van der Waals surface area contributed by atoms with Crippen molar-refractivity contribution in [2.24, 2.45) is 7.05 Å². The van der Waals surface area contributed by atoms with Crippen LogP contribution in [-0.2, 0) is 7.05 Å². The van der Waals surface area contributed by atoms with Gasteiger partial charge in [-0.3, -0.25) is 9.48 Å². The van der Waals surface area contributed by atoms with Crippen LogP contribution in [0.1, 0.15) is 16.2 Å². The van der Waals surface area contributed by atoms with Gasteiger partial charge in [-0.1, -0.05) is 66.7 Å². The number of pyridine rings is 1. The van der Waals surface area contributed by atoms with Crippen LogP contribution in [0, 0.1) is 6.92 Å². The van der Waals surface area contributed by atoms with E-state index >= 15 is 0 Å². The van der Waals surface area contributed by atoms with E-state index in [9.17, 15) is 4.79 Å². The van der Waals surface area contributed by atoms with Crippen LogP contribution < -0.4 is 5.32 Å². The van der Waals surface area contributed by atoms with Crippen LogP contribution in [0.3, 0.4) is 0 Å². The average Bonchev–Trinajstić information content (AvgIpc) is 3.06. The minimum Gasteiger partial charge on any atom is -0.305 e. The van der Waals surface area contributed by atoms with Gasteiger partial charge in [-0.15, -0.1) is 0 Å². The van der Waals surface area contributed by atoms with Gasteiger partial charge in [0, 0.05) is 23.9 Å². The molecule has 0 aliphatic heterocycles. The molecule has 0 atom stereocenters. The molecule has 138 valence electrons. The number of nitrogens with one attached hydrogen (secondary N) is 1. The van der Waals surface area contributed by atoms with Crippen molar-refractivity contribution in [3.8, 4) is 22.4 Å². The van der Waals surface area contributed by atoms with Crippen molar-refractivity contribution in [2.45, 2.75) is 6.92 Å². The van der Waals surface area contributed by atoms with Gasteiger partial charge in [0.15, 0.2) is 5.69 Å². The van der Waals surface area contributed by atoms with Crippen LogP contribution in [0.5, 0.6) is 0 Å². The molecule has 0 fully saturated rings. The van der Waals surface area contributed by atoms with Crippen LogP contribution in [0.2, 0.25) is 0 Å². The Kier molecular flexibility index (Phi) is 4.72. The molecular formula is C23H20N4O. The van der Waals surface area contributed by atoms with Gasteiger partial charge in [-0.25, -0.2) is 4.98 Å². The van der Waals surface area contributed by atoms with Gasteiger partial charge < -0.3 is 5.32 Å². The SMILES string of the molecule is Cc1cccc(NC(=O)c2nn(C)c(-c3ccccc3)c2-c2ccccc2)n1. The first-order valence-corrected chi connectivity index (χ1v) is 9.06. The normalized spacial score (nSPS) is 10.6. The first-order chi connectivity index (χ1) is 13.6. The summed E-state index contributed by atoms with van der Waals surface area (Å²) >= 11 is 0. The number of benzene rings is 2. The molecule has 1 amide bonds. The first kappa shape index (κ1) is 17.7. The minimum absolute atomic E-state index is 0.283. The van der Waals surface area contributed by atoms with E-state index in [1.54, 1.807) is 10.7 Å². The highest BCUT2D eigenvalue weighted by atomic mass is 16.2. The summed E-state index contributed by atoms with van der Waals surface area (Å²) in [6.07, 6.45) is 0. The number of carbonyl (C=O) groups excluding carboxylic acids is 1. The highest BCUT2D eigenvalue weighted by Gasteiger charge is 2.24. The van der Waals surface area contributed by atoms with Crippen LogP contribution in [0.25, 0.3) is 22.4 Å². The third kappa shape index (κ3) is 3.42. The van der Waals surface area contributed by atoms with Gasteiger partial charge in [-0.2, -0.15) is 5.10 Å². The number of carbonyl (C=O) groups is 1. The maximum Gasteiger partial charge on any atom is 0.277 e. The van der Waals surface area contributed by atoms with E-state index in [2.05, 4.69) is 15.4 Å². The van der Waals surface area contributed by atoms with Crippen molar-refractivity contribution in [2.75, 3.05) is 5.32 Å². The van der Waals surface area contributed by atoms with Crippen molar-refractivity contribution in [1.29, 1.82) is 0 Å². The molecule has 2 aromatic heterocycles. The lowest BCUT2D eigenvalue weighted by molar-refractivity contribution is 0.102. The van der Waals surface area contributed by atoms with Crippen molar-refractivity contribution >= 4 is 11.7 Å². The predicted molar refractivity (Wildman–Crippen MR) is 111 cm³/mol. The third-order valence-corrected chi connectivity index (χ3v) is 4.50. The number of hydrogen-bond acceptors (Lipinski definition) is 3. The molecule has 5 nitrogen and oxygen atoms in total. The number of hydrogen-bond donors (Lipinski definition) is 1. The number of anilines is 1. The molecular weight excluding hydrogens is 348 g/mol. The monoisotopic (exact) mass is 368 g/mol. The van der Waals surface area contributed by atoms with Crippen molar-refractivity contribution in [3.63, 3.8) is 0 Å². The zero-order valence-electron chi connectivity index (χ0n) is 15.8. The molecule has 4 aromatic rings. The second-order valence-electron chi connectivity index (χ2n) is 6.55. The van der Waals surface area contributed by atoms with Gasteiger partial charge in [-0.05, 0) is 24.6 Å². The summed E-state index contributed by atoms with van der Waals surface area (Å²) in [5.41, 5.74) is 4.86. The van der Waals surface area contributed by atoms with E-state index in [0.29, 0.717) is 11.5 Å². The number of amides is 1. The molecule has 2 heterocycles. The van der Waals surface area contributed by atoms with Crippen molar-refractivity contribution < 1.29 is 4.79 Å². The van der Waals surface area contributed by atoms with E-state index in [4.69, 9.17) is 0 Å². The summed E-state index contributed by atoms with van der Waals surface area (Å²) in [5.74, 6) is 0.227. The van der Waals surface area contributed by atoms with Crippen LogP contribution in [0.15, 0.2) is 78.9 Å². The summed E-state index contributed by atoms with van der Waals surface area (Å²) in [6, 6.07) is 25.4. The van der Waals surface area contributed by atoms with E-state index in [1.165, 1.54) is 0 Å². The molecule has 0 aliphatic carbocycles. The fraction of sp³-hybridized carbons (Fsp3) is 0.0870. The lowest BCUT2D eigenvalue weighted by atomic mass is 9.98. The van der Waals surface area contributed by atoms with Gasteiger partial charge in [0.1, 0.15) is 5.82 Å². The number of aryl methyl sites for hydroxylation is 2. The molecule has 28 heavy (non-hydrogen) atoms. The topological polar surface area (TPSA) is 59.8 Å². The highest BCUT2D eigenvalue weighted by Crippen LogP contribution is 2.35. The Labute approximate surface area is 163 Å². The largest absolute Gasteiger partial charge is 0.305 e. The fourth-order valence-corrected chi connectivity index (χ4v) is 3.28. The summed E-state index contributed by atoms with van der Waals surface area (Å²) in [7, 11) is 1.86. The second-order valence-corrected chi connectivity index (χ2v) is 6.55. The van der Waals surface area contributed by atoms with Gasteiger partial charge in [0.25, 0.3) is 5.91 Å². The van der Waals surface area contributed by atoms with Crippen LogP contribution >= 0.6 is 0 Å². The molecule has 0 unspecified atom stereocenters. The lowest BCUT2D eigenvalue weighted by Crippen LogP contribution is -2.15. The Morgan fingerprint density at radius 2 is 1.50 bits per heavy atom. The fourth-order valence-electron chi connectivity index (χ4n) is 3.28. The smallest absolute Gasteiger partial charge is 0.277 e. The van der Waals surface area contributed by atoms with Crippen molar-refractivity contribution in [3.05, 3.63) is 90.3 Å². The zero-order chi connectivity index (χ0) is 19.5. The Bertz CT molecular complexity index is 1120. The molecule has 0 saturated heterocycles. The minimum atomic E-state index is -0.283. The predicted octanol–water partition coefficient (Wildman–Crippen LogP) is 4.71. The summed E-state index contributed by atoms with van der Waals surface area (Å²) < 4.78 is 1.76. The standard InChI is InChI=1S/C23H20N4O/c1-16-10-9-15-19(24-16)25-23(28)21-20(17-11-5-3-6-12-17)22(27(2)26-21)18-13-7-4-8-14-18/h3-15H,1-2H3,(H,24,25,28). The van der Waals surface area contributed by atoms with Crippen LogP contribution in [0.4, 0.5) is 5.82 Å². The van der Waals surface area contributed by atoms with Gasteiger partial charge in [0.2, 0.25) is 0 Å². The molecule has 0 saturated carbocycles. The van der Waals surface area contributed by atoms with E-state index in [1.807, 2.05) is 86.8 Å². The maximum atomic E-state index is 13.1. The summed E-state index contributed by atoms with van der Waals surface area (Å²) in [6.45, 7) is 1.89. The van der Waals surface area contributed by atoms with E-state index in [0.717, 1.165) is 28.1 Å². The van der Waals surface area contributed by atoms with Gasteiger partial charge in [0.05, 0.1) is 5.69 Å². The summed E-state index contributed by atoms with van der Waals surface area (Å²) in [5, 5.41) is 7.43. The molecule has 0 bridgehead atoms. The Hall–Kier alpha value is -3.73. The Morgan fingerprint density at radius 1 is 0.857 bits per heavy atom. The molecule has 5 heteroatoms. The molecule has 2 aromatic carbocycles. The van der Waals surface area contributed by atoms with E-state index < -0.39 is 0 Å². The van der Waals surface area contributed by atoms with E-state index in [-0.39, 0.29) is 5.91 Å². The summed E-state index contributed by atoms with van der Waals surface area (Å²) in [4.78, 5) is 17.5. The molecule has 1 N–H and O–H groups in total. The zero-order valence-corrected chi connectivity index (χ0v) is 15.8. The molecule has 0 aliphatic rings. The van der Waals surface area contributed by atoms with Crippen LogP contribution in [-0.4, -0.2) is 20.7 Å². The first-order valence-electron chi connectivity index (χ1n) is 9.06. The Morgan fingerprint density at radius 3 is 2.14 bits per heavy atom. The number of aromatic nitrogens is 3. The van der Waals surface area contributed by atoms with Gasteiger partial charge >= 0.3 is 0 Å². The highest BCUT2D eigenvalue weighted by molar-refractivity contribution is 6.09. The number of rotatable bonds is 4. The Balaban J connectivity index is 1.84. The molecule has 4 rings (SSSR count). The lowest BCUT2D eigenvalue weighted by Gasteiger charge is -2.08. The quantitative estimate of drug-likeness (QED) is 0.567. The average molecular weight is 368 g/mol. The van der Waals surface area contributed by atoms with Crippen molar-refractivity contribution in [1.82, 2.24) is 14.8 Å².